The first kappa shape index (κ1) is 27.2. The van der Waals surface area contributed by atoms with Gasteiger partial charge in [-0.2, -0.15) is 0 Å². The smallest absolute Gasteiger partial charge is 0.143 e. The fourth-order valence-electron chi connectivity index (χ4n) is 3.58. The maximum Gasteiger partial charge on any atom is 0.143 e. The number of rotatable bonds is 6. The van der Waals surface area contributed by atoms with E-state index in [1.54, 1.807) is 30.5 Å². The van der Waals surface area contributed by atoms with E-state index in [0.717, 1.165) is 41.1 Å². The standard InChI is InChI=1S/C28H26ClFN6OS/c1-18-11-27(33-17-34-28(18)38-19(2)7-8-23-14-32-15-26(31)35-23)36-22-9-10-25(24(29)13-22)37-16-20-5-3-4-6-21(30)12-20/h6,9-10,12-15,17H,2-5,11,16H2,1H3,(H2,31,35)(H,33,34,36). The number of aliphatic imine (C=N–C) groups is 2. The molecule has 0 saturated carbocycles. The summed E-state index contributed by atoms with van der Waals surface area (Å²) in [5.41, 5.74) is 8.79. The Labute approximate surface area is 230 Å². The number of nitrogens with zero attached hydrogens (tertiary/aromatic N) is 4. The van der Waals surface area contributed by atoms with Crippen molar-refractivity contribution in [2.24, 2.45) is 9.98 Å². The molecule has 1 aliphatic carbocycles. The first-order valence-corrected chi connectivity index (χ1v) is 13.0. The molecule has 1 aliphatic heterocycles. The summed E-state index contributed by atoms with van der Waals surface area (Å²) < 4.78 is 19.5. The van der Waals surface area contributed by atoms with E-state index >= 15 is 0 Å². The molecule has 38 heavy (non-hydrogen) atoms. The monoisotopic (exact) mass is 548 g/mol. The van der Waals surface area contributed by atoms with E-state index in [9.17, 15) is 4.39 Å². The van der Waals surface area contributed by atoms with E-state index in [1.807, 2.05) is 13.0 Å². The lowest BCUT2D eigenvalue weighted by Crippen LogP contribution is -2.12. The Hall–Kier alpha value is -3.87. The number of ether oxygens (including phenoxy) is 1. The molecule has 0 amide bonds. The number of amidine groups is 1. The number of halogens is 2. The van der Waals surface area contributed by atoms with Crippen molar-refractivity contribution in [1.29, 1.82) is 0 Å². The fourth-order valence-corrected chi connectivity index (χ4v) is 4.50. The van der Waals surface area contributed by atoms with Gasteiger partial charge in [-0.1, -0.05) is 35.9 Å². The summed E-state index contributed by atoms with van der Waals surface area (Å²) in [6, 6.07) is 5.42. The predicted molar refractivity (Wildman–Crippen MR) is 155 cm³/mol. The maximum atomic E-state index is 13.7. The second kappa shape index (κ2) is 13.1. The zero-order valence-corrected chi connectivity index (χ0v) is 22.4. The third-order valence-electron chi connectivity index (χ3n) is 5.41. The van der Waals surface area contributed by atoms with Crippen LogP contribution in [0.25, 0.3) is 0 Å². The number of thioether (sulfide) groups is 1. The van der Waals surface area contributed by atoms with Gasteiger partial charge in [0.2, 0.25) is 0 Å². The SMILES string of the molecule is C=C(C#Cc1cncc(N)n1)SC1=C(C)CC(Nc2ccc(OCC3=CC(F)=CCCC3)c(Cl)c2)=NC=N1. The third kappa shape index (κ3) is 8.07. The molecular weight excluding hydrogens is 523 g/mol. The van der Waals surface area contributed by atoms with Crippen molar-refractivity contribution < 1.29 is 9.13 Å². The Balaban J connectivity index is 1.34. The molecule has 4 rings (SSSR count). The lowest BCUT2D eigenvalue weighted by atomic mass is 10.1. The van der Waals surface area contributed by atoms with E-state index in [0.29, 0.717) is 46.1 Å². The van der Waals surface area contributed by atoms with Gasteiger partial charge in [0.05, 0.1) is 22.3 Å². The summed E-state index contributed by atoms with van der Waals surface area (Å²) >= 11 is 7.82. The number of nitrogens with one attached hydrogen (secondary N) is 1. The summed E-state index contributed by atoms with van der Waals surface area (Å²) in [4.78, 5) is 17.6. The molecule has 0 saturated heterocycles. The van der Waals surface area contributed by atoms with Gasteiger partial charge in [0.1, 0.15) is 46.9 Å². The lowest BCUT2D eigenvalue weighted by Gasteiger charge is -2.13. The van der Waals surface area contributed by atoms with Gasteiger partial charge in [0.15, 0.2) is 0 Å². The van der Waals surface area contributed by atoms with E-state index < -0.39 is 0 Å². The van der Waals surface area contributed by atoms with Crippen molar-refractivity contribution in [1.82, 2.24) is 9.97 Å². The molecule has 194 valence electrons. The summed E-state index contributed by atoms with van der Waals surface area (Å²) in [7, 11) is 0. The van der Waals surface area contributed by atoms with Crippen LogP contribution < -0.4 is 15.8 Å². The normalized spacial score (nSPS) is 15.3. The van der Waals surface area contributed by atoms with Crippen molar-refractivity contribution in [3.63, 3.8) is 0 Å². The van der Waals surface area contributed by atoms with Crippen LogP contribution in [0.3, 0.4) is 0 Å². The molecule has 0 unspecified atom stereocenters. The van der Waals surface area contributed by atoms with Crippen LogP contribution in [0.5, 0.6) is 5.75 Å². The molecule has 0 radical (unpaired) electrons. The molecule has 7 nitrogen and oxygen atoms in total. The molecule has 0 bridgehead atoms. The molecule has 0 atom stereocenters. The van der Waals surface area contributed by atoms with Gasteiger partial charge < -0.3 is 15.8 Å². The number of anilines is 2. The van der Waals surface area contributed by atoms with Crippen LogP contribution in [0.15, 0.2) is 86.2 Å². The van der Waals surface area contributed by atoms with Crippen molar-refractivity contribution in [2.45, 2.75) is 32.6 Å². The van der Waals surface area contributed by atoms with Crippen LogP contribution in [0, 0.1) is 11.8 Å². The lowest BCUT2D eigenvalue weighted by molar-refractivity contribution is 0.347. The first-order chi connectivity index (χ1) is 18.4. The number of allylic oxidation sites excluding steroid dienone is 4. The molecule has 2 aliphatic rings. The topological polar surface area (TPSA) is 97.8 Å². The minimum atomic E-state index is -0.213. The highest BCUT2D eigenvalue weighted by molar-refractivity contribution is 8.07. The Bertz CT molecular complexity index is 1450. The van der Waals surface area contributed by atoms with Crippen LogP contribution in [0.2, 0.25) is 5.02 Å². The number of benzene rings is 1. The van der Waals surface area contributed by atoms with E-state index in [4.69, 9.17) is 22.1 Å². The minimum absolute atomic E-state index is 0.213. The summed E-state index contributed by atoms with van der Waals surface area (Å²) in [6.07, 6.45) is 10.6. The van der Waals surface area contributed by atoms with Crippen molar-refractivity contribution in [3.05, 3.63) is 86.9 Å². The Morgan fingerprint density at radius 2 is 2.21 bits per heavy atom. The van der Waals surface area contributed by atoms with Crippen LogP contribution in [-0.2, 0) is 0 Å². The first-order valence-electron chi connectivity index (χ1n) is 11.9. The van der Waals surface area contributed by atoms with Gasteiger partial charge in [-0.05, 0) is 73.6 Å². The van der Waals surface area contributed by atoms with Gasteiger partial charge in [0.25, 0.3) is 0 Å². The number of nitrogens with two attached hydrogens (primary N) is 1. The molecule has 1 aromatic heterocycles. The third-order valence-corrected chi connectivity index (χ3v) is 6.70. The van der Waals surface area contributed by atoms with Crippen LogP contribution in [0.1, 0.15) is 38.3 Å². The maximum absolute atomic E-state index is 13.7. The molecular formula is C28H26ClFN6OS. The largest absolute Gasteiger partial charge is 0.488 e. The Kier molecular flexibility index (Phi) is 9.35. The van der Waals surface area contributed by atoms with Gasteiger partial charge in [0, 0.05) is 12.1 Å². The Morgan fingerprint density at radius 3 is 3.03 bits per heavy atom. The van der Waals surface area contributed by atoms with E-state index in [1.165, 1.54) is 24.3 Å². The molecule has 2 heterocycles. The second-order valence-corrected chi connectivity index (χ2v) is 10.0. The molecule has 1 aromatic carbocycles. The van der Waals surface area contributed by atoms with Crippen LogP contribution in [-0.4, -0.2) is 28.7 Å². The molecule has 10 heteroatoms. The predicted octanol–water partition coefficient (Wildman–Crippen LogP) is 6.83. The zero-order valence-electron chi connectivity index (χ0n) is 20.8. The van der Waals surface area contributed by atoms with Crippen molar-refractivity contribution in [2.75, 3.05) is 17.7 Å². The average molecular weight is 549 g/mol. The summed E-state index contributed by atoms with van der Waals surface area (Å²) in [5.74, 6) is 7.21. The van der Waals surface area contributed by atoms with E-state index in [2.05, 4.69) is 43.7 Å². The molecule has 0 spiro atoms. The number of nitrogen functional groups attached to an aromatic ring is 1. The highest BCUT2D eigenvalue weighted by Crippen LogP contribution is 2.32. The number of hydrogen-bond donors (Lipinski definition) is 2. The minimum Gasteiger partial charge on any atom is -0.488 e. The Morgan fingerprint density at radius 1 is 1.34 bits per heavy atom. The van der Waals surface area contributed by atoms with Gasteiger partial charge in [-0.3, -0.25) is 4.98 Å². The second-order valence-electron chi connectivity index (χ2n) is 8.53. The zero-order chi connectivity index (χ0) is 26.9. The van der Waals surface area contributed by atoms with Crippen LogP contribution >= 0.6 is 23.4 Å². The summed E-state index contributed by atoms with van der Waals surface area (Å²) in [5, 5.41) is 4.51. The van der Waals surface area contributed by atoms with Gasteiger partial charge in [-0.15, -0.1) is 0 Å². The molecule has 2 aromatic rings. The van der Waals surface area contributed by atoms with Crippen molar-refractivity contribution >= 4 is 47.0 Å². The van der Waals surface area contributed by atoms with Gasteiger partial charge in [-0.25, -0.2) is 19.4 Å². The molecule has 0 fully saturated rings. The number of hydrogen-bond acceptors (Lipinski definition) is 8. The fraction of sp³-hybridized carbons (Fsp3) is 0.214. The van der Waals surface area contributed by atoms with Gasteiger partial charge >= 0.3 is 0 Å². The highest BCUT2D eigenvalue weighted by atomic mass is 35.5. The quantitative estimate of drug-likeness (QED) is 0.384. The van der Waals surface area contributed by atoms with Crippen LogP contribution in [0.4, 0.5) is 15.9 Å². The van der Waals surface area contributed by atoms with E-state index in [-0.39, 0.29) is 5.83 Å². The highest BCUT2D eigenvalue weighted by Gasteiger charge is 2.13. The van der Waals surface area contributed by atoms with Crippen molar-refractivity contribution in [3.8, 4) is 17.6 Å². The molecule has 3 N–H and O–H groups in total. The number of aromatic nitrogens is 2. The average Bonchev–Trinajstić information content (AvgIpc) is 3.19. The summed E-state index contributed by atoms with van der Waals surface area (Å²) in [6.45, 7) is 6.28.